The lowest BCUT2D eigenvalue weighted by Crippen LogP contribution is -2.39. The van der Waals surface area contributed by atoms with Crippen LogP contribution < -0.4 is 16.2 Å². The predicted molar refractivity (Wildman–Crippen MR) is 82.4 cm³/mol. The van der Waals surface area contributed by atoms with Crippen molar-refractivity contribution in [1.82, 2.24) is 15.6 Å². The molecule has 21 heavy (non-hydrogen) atoms. The third-order valence-electron chi connectivity index (χ3n) is 3.64. The highest BCUT2D eigenvalue weighted by Crippen LogP contribution is 2.27. The second kappa shape index (κ2) is 6.13. The molecule has 5 nitrogen and oxygen atoms in total. The SMILES string of the molecule is O=C(NCc1cccs1)NC1CCCc2[nH]c(=O)ccc21. The van der Waals surface area contributed by atoms with Gasteiger partial charge in [0.05, 0.1) is 12.6 Å². The number of aromatic nitrogens is 1. The number of aromatic amines is 1. The van der Waals surface area contributed by atoms with E-state index in [2.05, 4.69) is 15.6 Å². The summed E-state index contributed by atoms with van der Waals surface area (Å²) in [5.74, 6) is 0. The first-order valence-electron chi connectivity index (χ1n) is 7.01. The number of carbonyl (C=O) groups excluding carboxylic acids is 1. The Morgan fingerprint density at radius 1 is 1.38 bits per heavy atom. The lowest BCUT2D eigenvalue weighted by atomic mass is 9.91. The molecule has 0 spiro atoms. The summed E-state index contributed by atoms with van der Waals surface area (Å²) in [5, 5.41) is 7.84. The number of carbonyl (C=O) groups is 1. The van der Waals surface area contributed by atoms with E-state index in [1.807, 2.05) is 23.6 Å². The van der Waals surface area contributed by atoms with Gasteiger partial charge in [-0.2, -0.15) is 0 Å². The molecule has 0 radical (unpaired) electrons. The molecule has 0 aliphatic heterocycles. The zero-order valence-electron chi connectivity index (χ0n) is 11.5. The average Bonchev–Trinajstić information content (AvgIpc) is 2.98. The number of hydrogen-bond acceptors (Lipinski definition) is 3. The van der Waals surface area contributed by atoms with Crippen LogP contribution in [0.2, 0.25) is 0 Å². The van der Waals surface area contributed by atoms with Crippen LogP contribution >= 0.6 is 11.3 Å². The fourth-order valence-corrected chi connectivity index (χ4v) is 3.28. The second-order valence-corrected chi connectivity index (χ2v) is 6.14. The summed E-state index contributed by atoms with van der Waals surface area (Å²) in [6, 6.07) is 7.08. The maximum absolute atomic E-state index is 12.0. The Kier molecular flexibility index (Phi) is 4.06. The van der Waals surface area contributed by atoms with Gasteiger partial charge in [-0.1, -0.05) is 6.07 Å². The normalized spacial score (nSPS) is 17.0. The summed E-state index contributed by atoms with van der Waals surface area (Å²) in [6.45, 7) is 0.536. The fourth-order valence-electron chi connectivity index (χ4n) is 2.64. The summed E-state index contributed by atoms with van der Waals surface area (Å²) in [6.07, 6.45) is 2.72. The van der Waals surface area contributed by atoms with E-state index in [1.165, 1.54) is 6.07 Å². The molecule has 0 fully saturated rings. The number of aryl methyl sites for hydroxylation is 1. The number of hydrogen-bond donors (Lipinski definition) is 3. The highest BCUT2D eigenvalue weighted by Gasteiger charge is 2.22. The van der Waals surface area contributed by atoms with Crippen molar-refractivity contribution in [3.63, 3.8) is 0 Å². The van der Waals surface area contributed by atoms with Gasteiger partial charge in [0.1, 0.15) is 0 Å². The van der Waals surface area contributed by atoms with Crippen LogP contribution in [0.3, 0.4) is 0 Å². The molecule has 6 heteroatoms. The Labute approximate surface area is 126 Å². The Balaban J connectivity index is 1.63. The Morgan fingerprint density at radius 2 is 2.29 bits per heavy atom. The molecule has 2 aromatic rings. The van der Waals surface area contributed by atoms with Gasteiger partial charge >= 0.3 is 6.03 Å². The molecule has 3 rings (SSSR count). The van der Waals surface area contributed by atoms with E-state index in [9.17, 15) is 9.59 Å². The summed E-state index contributed by atoms with van der Waals surface area (Å²) >= 11 is 1.62. The van der Waals surface area contributed by atoms with E-state index >= 15 is 0 Å². The highest BCUT2D eigenvalue weighted by molar-refractivity contribution is 7.09. The van der Waals surface area contributed by atoms with Gasteiger partial charge in [0, 0.05) is 16.6 Å². The van der Waals surface area contributed by atoms with Gasteiger partial charge in [0.2, 0.25) is 5.56 Å². The van der Waals surface area contributed by atoms with E-state index < -0.39 is 0 Å². The standard InChI is InChI=1S/C15H17N3O2S/c19-14-7-6-11-12(17-14)4-1-5-13(11)18-15(20)16-9-10-3-2-8-21-10/h2-3,6-8,13H,1,4-5,9H2,(H,17,19)(H2,16,18,20). The van der Waals surface area contributed by atoms with Crippen molar-refractivity contribution in [2.24, 2.45) is 0 Å². The van der Waals surface area contributed by atoms with Gasteiger partial charge < -0.3 is 15.6 Å². The van der Waals surface area contributed by atoms with Crippen molar-refractivity contribution in [1.29, 1.82) is 0 Å². The zero-order chi connectivity index (χ0) is 14.7. The van der Waals surface area contributed by atoms with E-state index in [-0.39, 0.29) is 17.6 Å². The molecule has 2 heterocycles. The summed E-state index contributed by atoms with van der Waals surface area (Å²) in [7, 11) is 0. The molecule has 1 atom stereocenters. The quantitative estimate of drug-likeness (QED) is 0.814. The first-order valence-corrected chi connectivity index (χ1v) is 7.89. The third-order valence-corrected chi connectivity index (χ3v) is 4.52. The Bertz CT molecular complexity index is 678. The van der Waals surface area contributed by atoms with Crippen LogP contribution in [0.1, 0.15) is 35.0 Å². The van der Waals surface area contributed by atoms with Crippen molar-refractivity contribution in [3.05, 3.63) is 56.1 Å². The number of thiophene rings is 1. The van der Waals surface area contributed by atoms with E-state index in [4.69, 9.17) is 0 Å². The van der Waals surface area contributed by atoms with Crippen LogP contribution in [0.5, 0.6) is 0 Å². The molecule has 0 saturated carbocycles. The summed E-state index contributed by atoms with van der Waals surface area (Å²) < 4.78 is 0. The molecule has 0 saturated heterocycles. The van der Waals surface area contributed by atoms with Gasteiger partial charge in [-0.15, -0.1) is 11.3 Å². The van der Waals surface area contributed by atoms with Crippen LogP contribution in [0.15, 0.2) is 34.4 Å². The monoisotopic (exact) mass is 303 g/mol. The van der Waals surface area contributed by atoms with Crippen LogP contribution in [0.4, 0.5) is 4.79 Å². The number of rotatable bonds is 3. The van der Waals surface area contributed by atoms with Crippen molar-refractivity contribution in [2.75, 3.05) is 0 Å². The third kappa shape index (κ3) is 3.33. The average molecular weight is 303 g/mol. The largest absolute Gasteiger partial charge is 0.333 e. The van der Waals surface area contributed by atoms with Crippen LogP contribution in [-0.4, -0.2) is 11.0 Å². The van der Waals surface area contributed by atoms with Gasteiger partial charge in [0.25, 0.3) is 0 Å². The lowest BCUT2D eigenvalue weighted by molar-refractivity contribution is 0.235. The van der Waals surface area contributed by atoms with E-state index in [1.54, 1.807) is 11.3 Å². The van der Waals surface area contributed by atoms with Crippen molar-refractivity contribution in [3.8, 4) is 0 Å². The van der Waals surface area contributed by atoms with E-state index in [0.29, 0.717) is 6.54 Å². The van der Waals surface area contributed by atoms with Gasteiger partial charge in [0.15, 0.2) is 0 Å². The van der Waals surface area contributed by atoms with Crippen molar-refractivity contribution in [2.45, 2.75) is 31.8 Å². The lowest BCUT2D eigenvalue weighted by Gasteiger charge is -2.25. The molecule has 2 amide bonds. The molecular weight excluding hydrogens is 286 g/mol. The summed E-state index contributed by atoms with van der Waals surface area (Å²) in [4.78, 5) is 27.3. The van der Waals surface area contributed by atoms with Crippen molar-refractivity contribution < 1.29 is 4.79 Å². The number of nitrogens with one attached hydrogen (secondary N) is 3. The first kappa shape index (κ1) is 13.9. The predicted octanol–water partition coefficient (Wildman–Crippen LogP) is 2.31. The number of H-pyrrole nitrogens is 1. The van der Waals surface area contributed by atoms with Crippen LogP contribution in [0, 0.1) is 0 Å². The highest BCUT2D eigenvalue weighted by atomic mass is 32.1. The summed E-state index contributed by atoms with van der Waals surface area (Å²) in [5.41, 5.74) is 1.88. The van der Waals surface area contributed by atoms with Gasteiger partial charge in [-0.25, -0.2) is 4.79 Å². The van der Waals surface area contributed by atoms with Crippen molar-refractivity contribution >= 4 is 17.4 Å². The molecule has 1 aliphatic rings. The minimum absolute atomic E-state index is 0.0334. The van der Waals surface area contributed by atoms with Crippen LogP contribution in [-0.2, 0) is 13.0 Å². The van der Waals surface area contributed by atoms with Gasteiger partial charge in [-0.05, 0) is 42.3 Å². The Morgan fingerprint density at radius 3 is 3.10 bits per heavy atom. The molecule has 2 aromatic heterocycles. The van der Waals surface area contributed by atoms with E-state index in [0.717, 1.165) is 35.4 Å². The molecule has 110 valence electrons. The Hall–Kier alpha value is -2.08. The minimum Gasteiger partial charge on any atom is -0.333 e. The maximum atomic E-state index is 12.0. The zero-order valence-corrected chi connectivity index (χ0v) is 12.3. The maximum Gasteiger partial charge on any atom is 0.315 e. The topological polar surface area (TPSA) is 74.0 Å². The molecule has 0 bridgehead atoms. The van der Waals surface area contributed by atoms with Crippen LogP contribution in [0.25, 0.3) is 0 Å². The van der Waals surface area contributed by atoms with Gasteiger partial charge in [-0.3, -0.25) is 4.79 Å². The minimum atomic E-state index is -0.174. The molecular formula is C15H17N3O2S. The number of urea groups is 1. The number of amides is 2. The smallest absolute Gasteiger partial charge is 0.315 e. The molecule has 1 aliphatic carbocycles. The number of fused-ring (bicyclic) bond motifs is 1. The first-order chi connectivity index (χ1) is 10.2. The molecule has 3 N–H and O–H groups in total. The molecule has 0 aromatic carbocycles. The second-order valence-electron chi connectivity index (χ2n) is 5.11. The fraction of sp³-hybridized carbons (Fsp3) is 0.333. The molecule has 1 unspecified atom stereocenters. The number of pyridine rings is 1.